The van der Waals surface area contributed by atoms with Crippen LogP contribution in [0.2, 0.25) is 0 Å². The number of aliphatic hydroxyl groups excluding tert-OH is 1. The van der Waals surface area contributed by atoms with E-state index in [-0.39, 0.29) is 6.10 Å². The third-order valence-corrected chi connectivity index (χ3v) is 2.67. The zero-order valence-electron chi connectivity index (χ0n) is 10.2. The van der Waals surface area contributed by atoms with Crippen LogP contribution in [0.5, 0.6) is 0 Å². The molecule has 1 atom stereocenters. The van der Waals surface area contributed by atoms with Crippen molar-refractivity contribution >= 4 is 0 Å². The molecule has 1 unspecified atom stereocenters. The van der Waals surface area contributed by atoms with Crippen molar-refractivity contribution in [1.82, 2.24) is 15.1 Å². The van der Waals surface area contributed by atoms with E-state index in [1.54, 1.807) is 7.11 Å². The lowest BCUT2D eigenvalue weighted by Gasteiger charge is -2.09. The van der Waals surface area contributed by atoms with Crippen LogP contribution < -0.4 is 5.32 Å². The van der Waals surface area contributed by atoms with Crippen LogP contribution in [0.4, 0.5) is 0 Å². The minimum absolute atomic E-state index is 0.382. The van der Waals surface area contributed by atoms with Gasteiger partial charge in [0.2, 0.25) is 0 Å². The lowest BCUT2D eigenvalue weighted by molar-refractivity contribution is 0.0594. The number of hydrogen-bond acceptors (Lipinski definition) is 4. The summed E-state index contributed by atoms with van der Waals surface area (Å²) >= 11 is 0. The summed E-state index contributed by atoms with van der Waals surface area (Å²) in [5.74, 6) is 0. The highest BCUT2D eigenvalue weighted by Crippen LogP contribution is 2.04. The van der Waals surface area contributed by atoms with Gasteiger partial charge in [0.1, 0.15) is 0 Å². The molecule has 0 saturated carbocycles. The minimum Gasteiger partial charge on any atom is -0.391 e. The first-order chi connectivity index (χ1) is 7.65. The van der Waals surface area contributed by atoms with Crippen molar-refractivity contribution in [3.05, 3.63) is 17.5 Å². The van der Waals surface area contributed by atoms with Gasteiger partial charge in [0.05, 0.1) is 18.9 Å². The molecule has 0 saturated heterocycles. The number of aromatic nitrogens is 2. The maximum Gasteiger partial charge on any atom is 0.0785 e. The number of methoxy groups -OCH3 is 1. The molecule has 0 amide bonds. The summed E-state index contributed by atoms with van der Waals surface area (Å²) in [7, 11) is 3.52. The summed E-state index contributed by atoms with van der Waals surface area (Å²) < 4.78 is 6.71. The van der Waals surface area contributed by atoms with Crippen molar-refractivity contribution in [3.63, 3.8) is 0 Å². The van der Waals surface area contributed by atoms with Gasteiger partial charge in [-0.1, -0.05) is 0 Å². The maximum atomic E-state index is 9.42. The summed E-state index contributed by atoms with van der Waals surface area (Å²) in [6.07, 6.45) is 2.19. The van der Waals surface area contributed by atoms with Crippen molar-refractivity contribution in [1.29, 1.82) is 0 Å². The highest BCUT2D eigenvalue weighted by molar-refractivity contribution is 5.15. The van der Waals surface area contributed by atoms with Crippen LogP contribution in [0.25, 0.3) is 0 Å². The topological polar surface area (TPSA) is 59.3 Å². The second kappa shape index (κ2) is 6.62. The molecule has 5 nitrogen and oxygen atoms in total. The number of aryl methyl sites for hydroxylation is 1. The number of nitrogens with zero attached hydrogens (tertiary/aromatic N) is 2. The number of nitrogens with one attached hydrogen (secondary N) is 1. The Balaban J connectivity index is 2.18. The van der Waals surface area contributed by atoms with Crippen LogP contribution in [0.15, 0.2) is 6.20 Å². The van der Waals surface area contributed by atoms with Gasteiger partial charge in [0.25, 0.3) is 0 Å². The molecule has 0 aliphatic carbocycles. The van der Waals surface area contributed by atoms with E-state index >= 15 is 0 Å². The summed E-state index contributed by atoms with van der Waals surface area (Å²) in [6, 6.07) is 0. The zero-order chi connectivity index (χ0) is 12.0. The van der Waals surface area contributed by atoms with Gasteiger partial charge in [-0.15, -0.1) is 0 Å². The highest BCUT2D eigenvalue weighted by Gasteiger charge is 2.04. The second-order valence-electron chi connectivity index (χ2n) is 3.95. The van der Waals surface area contributed by atoms with Crippen molar-refractivity contribution < 1.29 is 9.84 Å². The van der Waals surface area contributed by atoms with E-state index in [9.17, 15) is 5.11 Å². The first-order valence-corrected chi connectivity index (χ1v) is 5.50. The molecule has 0 aliphatic heterocycles. The van der Waals surface area contributed by atoms with Crippen molar-refractivity contribution in [2.45, 2.75) is 26.0 Å². The quantitative estimate of drug-likeness (QED) is 0.654. The molecule has 2 N–H and O–H groups in total. The van der Waals surface area contributed by atoms with E-state index in [1.165, 1.54) is 11.3 Å². The molecule has 92 valence electrons. The van der Waals surface area contributed by atoms with Crippen LogP contribution >= 0.6 is 0 Å². The Morgan fingerprint density at radius 3 is 2.94 bits per heavy atom. The standard InChI is InChI=1S/C11H21N3O2/c1-9-10(7-13-14(9)2)6-12-5-4-11(15)8-16-3/h7,11-12,15H,4-6,8H2,1-3H3. The number of ether oxygens (including phenoxy) is 1. The summed E-state index contributed by atoms with van der Waals surface area (Å²) in [4.78, 5) is 0. The van der Waals surface area contributed by atoms with E-state index in [4.69, 9.17) is 4.74 Å². The minimum atomic E-state index is -0.382. The first kappa shape index (κ1) is 13.2. The van der Waals surface area contributed by atoms with Crippen molar-refractivity contribution in [2.75, 3.05) is 20.3 Å². The van der Waals surface area contributed by atoms with Crippen molar-refractivity contribution in [3.8, 4) is 0 Å². The number of aliphatic hydroxyl groups is 1. The van der Waals surface area contributed by atoms with E-state index < -0.39 is 0 Å². The molecule has 0 radical (unpaired) electrons. The van der Waals surface area contributed by atoms with Gasteiger partial charge in [-0.3, -0.25) is 4.68 Å². The fourth-order valence-electron chi connectivity index (χ4n) is 1.49. The Labute approximate surface area is 96.4 Å². The summed E-state index contributed by atoms with van der Waals surface area (Å²) in [6.45, 7) is 4.01. The Kier molecular flexibility index (Phi) is 5.45. The zero-order valence-corrected chi connectivity index (χ0v) is 10.2. The van der Waals surface area contributed by atoms with Crippen molar-refractivity contribution in [2.24, 2.45) is 7.05 Å². The lowest BCUT2D eigenvalue weighted by Crippen LogP contribution is -2.23. The van der Waals surface area contributed by atoms with E-state index in [0.29, 0.717) is 13.0 Å². The largest absolute Gasteiger partial charge is 0.391 e. The molecule has 1 heterocycles. The molecule has 0 aliphatic rings. The molecular formula is C11H21N3O2. The molecule has 1 rings (SSSR count). The van der Waals surface area contributed by atoms with Crippen LogP contribution in [0.3, 0.4) is 0 Å². The van der Waals surface area contributed by atoms with Gasteiger partial charge in [-0.05, 0) is 19.9 Å². The van der Waals surface area contributed by atoms with Crippen LogP contribution in [-0.4, -0.2) is 41.3 Å². The Morgan fingerprint density at radius 1 is 1.62 bits per heavy atom. The molecule has 0 bridgehead atoms. The normalized spacial score (nSPS) is 13.0. The van der Waals surface area contributed by atoms with Gasteiger partial charge < -0.3 is 15.2 Å². The predicted octanol–water partition coefficient (Wildman–Crippen LogP) is 0.216. The van der Waals surface area contributed by atoms with E-state index in [1.807, 2.05) is 24.9 Å². The first-order valence-electron chi connectivity index (χ1n) is 5.50. The molecule has 0 spiro atoms. The SMILES string of the molecule is COCC(O)CCNCc1cnn(C)c1C. The Hall–Kier alpha value is -0.910. The van der Waals surface area contributed by atoms with Crippen LogP contribution in [0.1, 0.15) is 17.7 Å². The predicted molar refractivity (Wildman–Crippen MR) is 62.2 cm³/mol. The summed E-state index contributed by atoms with van der Waals surface area (Å²) in [5.41, 5.74) is 2.37. The van der Waals surface area contributed by atoms with Gasteiger partial charge in [0.15, 0.2) is 0 Å². The van der Waals surface area contributed by atoms with Crippen LogP contribution in [-0.2, 0) is 18.3 Å². The molecule has 5 heteroatoms. The average Bonchev–Trinajstić information content (AvgIpc) is 2.56. The average molecular weight is 227 g/mol. The fraction of sp³-hybridized carbons (Fsp3) is 0.727. The van der Waals surface area contributed by atoms with Gasteiger partial charge in [-0.2, -0.15) is 5.10 Å². The molecule has 16 heavy (non-hydrogen) atoms. The number of rotatable bonds is 7. The van der Waals surface area contributed by atoms with Gasteiger partial charge >= 0.3 is 0 Å². The molecule has 0 fully saturated rings. The fourth-order valence-corrected chi connectivity index (χ4v) is 1.49. The highest BCUT2D eigenvalue weighted by atomic mass is 16.5. The van der Waals surface area contributed by atoms with Gasteiger partial charge in [-0.25, -0.2) is 0 Å². The smallest absolute Gasteiger partial charge is 0.0785 e. The second-order valence-corrected chi connectivity index (χ2v) is 3.95. The Morgan fingerprint density at radius 2 is 2.38 bits per heavy atom. The molecule has 1 aromatic heterocycles. The molecule has 0 aromatic carbocycles. The Bertz CT molecular complexity index is 312. The van der Waals surface area contributed by atoms with Crippen LogP contribution in [0, 0.1) is 6.92 Å². The van der Waals surface area contributed by atoms with Gasteiger partial charge in [0, 0.05) is 32.0 Å². The summed E-state index contributed by atoms with van der Waals surface area (Å²) in [5, 5.41) is 16.9. The number of hydrogen-bond donors (Lipinski definition) is 2. The monoisotopic (exact) mass is 227 g/mol. The third kappa shape index (κ3) is 3.92. The molecule has 1 aromatic rings. The third-order valence-electron chi connectivity index (χ3n) is 2.67. The van der Waals surface area contributed by atoms with E-state index in [0.717, 1.165) is 13.1 Å². The maximum absolute atomic E-state index is 9.42. The molecular weight excluding hydrogens is 206 g/mol. The van der Waals surface area contributed by atoms with E-state index in [2.05, 4.69) is 10.4 Å². The lowest BCUT2D eigenvalue weighted by atomic mass is 10.2.